The summed E-state index contributed by atoms with van der Waals surface area (Å²) in [6.07, 6.45) is 6.58. The number of terminal acetylenes is 1. The molecule has 1 aliphatic heterocycles. The Kier molecular flexibility index (Phi) is 5.78. The summed E-state index contributed by atoms with van der Waals surface area (Å²) in [7, 11) is 5.47. The molecular formula is C15H24N4O. The molecule has 0 N–H and O–H groups in total. The molecule has 1 aromatic heterocycles. The molecule has 0 radical (unpaired) electrons. The Balaban J connectivity index is 0.000000956. The van der Waals surface area contributed by atoms with Gasteiger partial charge in [0.15, 0.2) is 5.69 Å². The fraction of sp³-hybridized carbons (Fsp3) is 0.600. The second-order valence-corrected chi connectivity index (χ2v) is 4.83. The fourth-order valence-electron chi connectivity index (χ4n) is 2.18. The monoisotopic (exact) mass is 276 g/mol. The molecule has 5 nitrogen and oxygen atoms in total. The number of nitrogens with zero attached hydrogens (tertiary/aromatic N) is 4. The molecular weight excluding hydrogens is 252 g/mol. The zero-order valence-corrected chi connectivity index (χ0v) is 13.1. The van der Waals surface area contributed by atoms with Gasteiger partial charge in [0.1, 0.15) is 0 Å². The van der Waals surface area contributed by atoms with E-state index in [1.165, 1.54) is 4.90 Å². The van der Waals surface area contributed by atoms with Crippen LogP contribution in [0, 0.1) is 12.3 Å². The second-order valence-electron chi connectivity index (χ2n) is 4.83. The van der Waals surface area contributed by atoms with E-state index in [-0.39, 0.29) is 5.91 Å². The molecule has 0 saturated heterocycles. The molecule has 5 heteroatoms. The molecule has 1 aliphatic rings. The van der Waals surface area contributed by atoms with E-state index in [1.807, 2.05) is 18.5 Å². The first-order valence-corrected chi connectivity index (χ1v) is 7.01. The summed E-state index contributed by atoms with van der Waals surface area (Å²) in [5.74, 6) is 2.50. The molecule has 2 heterocycles. The Morgan fingerprint density at radius 1 is 1.35 bits per heavy atom. The van der Waals surface area contributed by atoms with Crippen LogP contribution < -0.4 is 0 Å². The third-order valence-corrected chi connectivity index (χ3v) is 3.14. The lowest BCUT2D eigenvalue weighted by Crippen LogP contribution is -2.23. The number of rotatable bonds is 1. The molecule has 1 aromatic rings. The number of carbonyl (C=O) groups is 1. The Labute approximate surface area is 121 Å². The van der Waals surface area contributed by atoms with Crippen LogP contribution in [0.2, 0.25) is 0 Å². The average Bonchev–Trinajstić information content (AvgIpc) is 2.67. The second kappa shape index (κ2) is 7.11. The van der Waals surface area contributed by atoms with E-state index < -0.39 is 0 Å². The lowest BCUT2D eigenvalue weighted by molar-refractivity contribution is 0.0820. The summed E-state index contributed by atoms with van der Waals surface area (Å²) in [6, 6.07) is 0. The van der Waals surface area contributed by atoms with Crippen molar-refractivity contribution in [2.24, 2.45) is 0 Å². The van der Waals surface area contributed by atoms with Gasteiger partial charge >= 0.3 is 0 Å². The summed E-state index contributed by atoms with van der Waals surface area (Å²) in [4.78, 5) is 15.8. The van der Waals surface area contributed by atoms with Crippen molar-refractivity contribution in [2.45, 2.75) is 33.4 Å². The standard InChI is InChI=1S/C13H18N4O.C2H6/c1-5-10-11-9-16(4)7-6-8-17(11)14-12(10)13(18)15(2)3;1-2/h1H,6-9H2,2-4H3;1-2H3. The largest absolute Gasteiger partial charge is 0.343 e. The number of hydrogen-bond donors (Lipinski definition) is 0. The molecule has 0 atom stereocenters. The number of aromatic nitrogens is 2. The lowest BCUT2D eigenvalue weighted by Gasteiger charge is -2.12. The molecule has 110 valence electrons. The highest BCUT2D eigenvalue weighted by Crippen LogP contribution is 2.19. The zero-order valence-electron chi connectivity index (χ0n) is 13.1. The van der Waals surface area contributed by atoms with Crippen LogP contribution in [-0.4, -0.2) is 53.2 Å². The van der Waals surface area contributed by atoms with Crippen LogP contribution in [0.3, 0.4) is 0 Å². The number of hydrogen-bond acceptors (Lipinski definition) is 3. The van der Waals surface area contributed by atoms with E-state index in [4.69, 9.17) is 6.42 Å². The van der Waals surface area contributed by atoms with Gasteiger partial charge in [0.2, 0.25) is 0 Å². The predicted octanol–water partition coefficient (Wildman–Crippen LogP) is 1.43. The van der Waals surface area contributed by atoms with E-state index in [0.717, 1.165) is 31.7 Å². The third kappa shape index (κ3) is 3.20. The van der Waals surface area contributed by atoms with Gasteiger partial charge in [0, 0.05) is 33.7 Å². The summed E-state index contributed by atoms with van der Waals surface area (Å²) in [6.45, 7) is 6.58. The van der Waals surface area contributed by atoms with Gasteiger partial charge in [0.05, 0.1) is 11.3 Å². The molecule has 0 spiro atoms. The molecule has 2 rings (SSSR count). The van der Waals surface area contributed by atoms with Crippen molar-refractivity contribution in [2.75, 3.05) is 27.7 Å². The smallest absolute Gasteiger partial charge is 0.275 e. The minimum Gasteiger partial charge on any atom is -0.343 e. The lowest BCUT2D eigenvalue weighted by atomic mass is 10.1. The van der Waals surface area contributed by atoms with Crippen molar-refractivity contribution in [3.8, 4) is 12.3 Å². The van der Waals surface area contributed by atoms with Crippen molar-refractivity contribution in [1.29, 1.82) is 0 Å². The quantitative estimate of drug-likeness (QED) is 0.729. The van der Waals surface area contributed by atoms with Crippen LogP contribution in [-0.2, 0) is 13.1 Å². The van der Waals surface area contributed by atoms with Gasteiger partial charge in [0.25, 0.3) is 5.91 Å². The van der Waals surface area contributed by atoms with Crippen molar-refractivity contribution in [1.82, 2.24) is 19.6 Å². The van der Waals surface area contributed by atoms with Gasteiger partial charge in [-0.15, -0.1) is 6.42 Å². The van der Waals surface area contributed by atoms with Crippen molar-refractivity contribution in [3.05, 3.63) is 17.0 Å². The summed E-state index contributed by atoms with van der Waals surface area (Å²) in [5.41, 5.74) is 2.01. The maximum atomic E-state index is 12.1. The third-order valence-electron chi connectivity index (χ3n) is 3.14. The van der Waals surface area contributed by atoms with Crippen LogP contribution >= 0.6 is 0 Å². The van der Waals surface area contributed by atoms with Gasteiger partial charge < -0.3 is 9.80 Å². The molecule has 0 saturated carbocycles. The van der Waals surface area contributed by atoms with Gasteiger partial charge in [-0.05, 0) is 13.5 Å². The topological polar surface area (TPSA) is 41.4 Å². The minimum absolute atomic E-state index is 0.133. The van der Waals surface area contributed by atoms with Crippen LogP contribution in [0.15, 0.2) is 0 Å². The first kappa shape index (κ1) is 16.3. The highest BCUT2D eigenvalue weighted by atomic mass is 16.2. The Bertz CT molecular complexity index is 511. The fourth-order valence-corrected chi connectivity index (χ4v) is 2.18. The zero-order chi connectivity index (χ0) is 15.3. The summed E-state index contributed by atoms with van der Waals surface area (Å²) >= 11 is 0. The molecule has 1 amide bonds. The SMILES string of the molecule is C#Cc1c(C(=O)N(C)C)nn2c1CN(C)CCC2.CC. The van der Waals surface area contributed by atoms with Gasteiger partial charge in [-0.2, -0.15) is 5.10 Å². The van der Waals surface area contributed by atoms with E-state index >= 15 is 0 Å². The normalized spacial score (nSPS) is 14.4. The summed E-state index contributed by atoms with van der Waals surface area (Å²) < 4.78 is 1.88. The molecule has 20 heavy (non-hydrogen) atoms. The molecule has 0 bridgehead atoms. The first-order valence-electron chi connectivity index (χ1n) is 7.01. The minimum atomic E-state index is -0.133. The van der Waals surface area contributed by atoms with Crippen LogP contribution in [0.4, 0.5) is 0 Å². The molecule has 0 unspecified atom stereocenters. The number of aryl methyl sites for hydroxylation is 1. The Hall–Kier alpha value is -1.80. The van der Waals surface area contributed by atoms with Crippen molar-refractivity contribution in [3.63, 3.8) is 0 Å². The van der Waals surface area contributed by atoms with Crippen LogP contribution in [0.25, 0.3) is 0 Å². The van der Waals surface area contributed by atoms with Gasteiger partial charge in [-0.1, -0.05) is 19.8 Å². The molecule has 0 aromatic carbocycles. The van der Waals surface area contributed by atoms with Crippen molar-refractivity contribution < 1.29 is 4.79 Å². The molecule has 0 aliphatic carbocycles. The van der Waals surface area contributed by atoms with E-state index in [2.05, 4.69) is 23.0 Å². The van der Waals surface area contributed by atoms with E-state index in [0.29, 0.717) is 11.3 Å². The average molecular weight is 276 g/mol. The highest BCUT2D eigenvalue weighted by molar-refractivity contribution is 5.94. The van der Waals surface area contributed by atoms with Gasteiger partial charge in [-0.3, -0.25) is 9.48 Å². The Morgan fingerprint density at radius 2 is 2.00 bits per heavy atom. The van der Waals surface area contributed by atoms with Crippen LogP contribution in [0.1, 0.15) is 42.0 Å². The number of carbonyl (C=O) groups excluding carboxylic acids is 1. The van der Waals surface area contributed by atoms with E-state index in [1.54, 1.807) is 14.1 Å². The predicted molar refractivity (Wildman–Crippen MR) is 80.5 cm³/mol. The van der Waals surface area contributed by atoms with Crippen LogP contribution in [0.5, 0.6) is 0 Å². The number of amides is 1. The van der Waals surface area contributed by atoms with Gasteiger partial charge in [-0.25, -0.2) is 0 Å². The maximum absolute atomic E-state index is 12.1. The van der Waals surface area contributed by atoms with E-state index in [9.17, 15) is 4.79 Å². The maximum Gasteiger partial charge on any atom is 0.275 e. The number of fused-ring (bicyclic) bond motifs is 1. The Morgan fingerprint density at radius 3 is 2.55 bits per heavy atom. The first-order chi connectivity index (χ1) is 9.54. The summed E-state index contributed by atoms with van der Waals surface area (Å²) in [5, 5.41) is 4.39. The highest BCUT2D eigenvalue weighted by Gasteiger charge is 2.24. The molecule has 0 fully saturated rings. The van der Waals surface area contributed by atoms with Crippen molar-refractivity contribution >= 4 is 5.91 Å².